The Labute approximate surface area is 98.7 Å². The van der Waals surface area contributed by atoms with E-state index in [1.807, 2.05) is 0 Å². The van der Waals surface area contributed by atoms with Crippen LogP contribution in [0.1, 0.15) is 22.5 Å². The molecule has 0 aliphatic heterocycles. The van der Waals surface area contributed by atoms with Crippen molar-refractivity contribution in [3.8, 4) is 5.75 Å². The molecule has 0 spiro atoms. The molecule has 0 saturated heterocycles. The van der Waals surface area contributed by atoms with Gasteiger partial charge in [0.1, 0.15) is 15.9 Å². The Balaban J connectivity index is 3.36. The minimum absolute atomic E-state index is 0.0354. The zero-order valence-electron chi connectivity index (χ0n) is 8.46. The van der Waals surface area contributed by atoms with Crippen LogP contribution in [0.2, 0.25) is 0 Å². The Bertz CT molecular complexity index is 412. The number of carbonyl (C=O) groups excluding carboxylic acids is 1. The van der Waals surface area contributed by atoms with E-state index in [0.717, 1.165) is 13.2 Å². The van der Waals surface area contributed by atoms with Crippen molar-refractivity contribution in [1.29, 1.82) is 0 Å². The molecule has 16 heavy (non-hydrogen) atoms. The number of rotatable bonds is 3. The van der Waals surface area contributed by atoms with Gasteiger partial charge in [0.15, 0.2) is 5.75 Å². The average molecular weight is 296 g/mol. The molecule has 1 heterocycles. The number of hydrogen-bond acceptors (Lipinski definition) is 4. The Morgan fingerprint density at radius 1 is 1.50 bits per heavy atom. The number of ether oxygens (including phenoxy) is 2. The average Bonchev–Trinajstić information content (AvgIpc) is 2.26. The summed E-state index contributed by atoms with van der Waals surface area (Å²) in [6.45, 7) is 0. The maximum Gasteiger partial charge on any atom is 0.341 e. The first-order chi connectivity index (χ1) is 7.51. The molecule has 0 unspecified atom stereocenters. The van der Waals surface area contributed by atoms with Crippen LogP contribution in [0.15, 0.2) is 10.7 Å². The third kappa shape index (κ3) is 2.46. The van der Waals surface area contributed by atoms with E-state index < -0.39 is 18.1 Å². The lowest BCUT2D eigenvalue weighted by Gasteiger charge is -2.10. The van der Waals surface area contributed by atoms with Gasteiger partial charge in [-0.25, -0.2) is 18.6 Å². The van der Waals surface area contributed by atoms with Crippen molar-refractivity contribution in [3.63, 3.8) is 0 Å². The van der Waals surface area contributed by atoms with Crippen molar-refractivity contribution < 1.29 is 23.0 Å². The van der Waals surface area contributed by atoms with Crippen molar-refractivity contribution in [2.24, 2.45) is 0 Å². The molecule has 0 amide bonds. The first-order valence-corrected chi connectivity index (χ1v) is 4.91. The number of esters is 1. The topological polar surface area (TPSA) is 48.4 Å². The number of hydrogen-bond donors (Lipinski definition) is 0. The number of carbonyl (C=O) groups is 1. The highest BCUT2D eigenvalue weighted by Gasteiger charge is 2.21. The van der Waals surface area contributed by atoms with E-state index in [2.05, 4.69) is 25.7 Å². The third-order valence-corrected chi connectivity index (χ3v) is 2.32. The number of aromatic nitrogens is 1. The quantitative estimate of drug-likeness (QED) is 0.635. The molecular weight excluding hydrogens is 288 g/mol. The van der Waals surface area contributed by atoms with E-state index in [9.17, 15) is 13.6 Å². The van der Waals surface area contributed by atoms with Crippen molar-refractivity contribution in [3.05, 3.63) is 21.9 Å². The Kier molecular flexibility index (Phi) is 4.17. The summed E-state index contributed by atoms with van der Waals surface area (Å²) in [5.41, 5.74) is -0.616. The number of halogens is 3. The van der Waals surface area contributed by atoms with Gasteiger partial charge < -0.3 is 9.47 Å². The third-order valence-electron chi connectivity index (χ3n) is 1.78. The summed E-state index contributed by atoms with van der Waals surface area (Å²) in [5.74, 6) is -0.696. The molecule has 1 rings (SSSR count). The van der Waals surface area contributed by atoms with E-state index >= 15 is 0 Å². The highest BCUT2D eigenvalue weighted by atomic mass is 79.9. The van der Waals surface area contributed by atoms with Gasteiger partial charge >= 0.3 is 5.97 Å². The normalized spacial score (nSPS) is 10.4. The second kappa shape index (κ2) is 5.20. The monoisotopic (exact) mass is 295 g/mol. The molecule has 0 aliphatic carbocycles. The molecule has 1 aromatic heterocycles. The molecule has 4 nitrogen and oxygen atoms in total. The highest BCUT2D eigenvalue weighted by Crippen LogP contribution is 2.31. The summed E-state index contributed by atoms with van der Waals surface area (Å²) in [7, 11) is 2.45. The van der Waals surface area contributed by atoms with Gasteiger partial charge in [0.05, 0.1) is 14.2 Å². The predicted octanol–water partition coefficient (Wildman–Crippen LogP) is 2.58. The Morgan fingerprint density at radius 2 is 2.12 bits per heavy atom. The lowest BCUT2D eigenvalue weighted by molar-refractivity contribution is 0.0596. The van der Waals surface area contributed by atoms with Gasteiger partial charge in [0.2, 0.25) is 0 Å². The zero-order chi connectivity index (χ0) is 12.3. The number of nitrogens with zero attached hydrogens (tertiary/aromatic N) is 1. The molecule has 0 radical (unpaired) electrons. The van der Waals surface area contributed by atoms with Crippen LogP contribution in [0.25, 0.3) is 0 Å². The number of alkyl halides is 2. The van der Waals surface area contributed by atoms with Crippen LogP contribution in [-0.2, 0) is 4.74 Å². The fraction of sp³-hybridized carbons (Fsp3) is 0.333. The molecule has 0 bridgehead atoms. The molecule has 0 atom stereocenters. The van der Waals surface area contributed by atoms with Gasteiger partial charge in [-0.3, -0.25) is 0 Å². The van der Waals surface area contributed by atoms with Crippen molar-refractivity contribution in [2.75, 3.05) is 14.2 Å². The second-order valence-corrected chi connectivity index (χ2v) is 3.46. The van der Waals surface area contributed by atoms with E-state index in [1.54, 1.807) is 0 Å². The number of pyridine rings is 1. The van der Waals surface area contributed by atoms with E-state index in [0.29, 0.717) is 0 Å². The van der Waals surface area contributed by atoms with Gasteiger partial charge in [-0.05, 0) is 22.0 Å². The van der Waals surface area contributed by atoms with Gasteiger partial charge in [-0.15, -0.1) is 0 Å². The van der Waals surface area contributed by atoms with Crippen LogP contribution in [0, 0.1) is 0 Å². The first kappa shape index (κ1) is 12.8. The minimum atomic E-state index is -2.77. The van der Waals surface area contributed by atoms with Gasteiger partial charge in [0, 0.05) is 0 Å². The number of methoxy groups -OCH3 is 2. The molecule has 7 heteroatoms. The highest BCUT2D eigenvalue weighted by molar-refractivity contribution is 9.10. The summed E-state index contributed by atoms with van der Waals surface area (Å²) in [4.78, 5) is 14.9. The van der Waals surface area contributed by atoms with Crippen LogP contribution in [0.5, 0.6) is 5.75 Å². The van der Waals surface area contributed by atoms with Crippen LogP contribution in [0.3, 0.4) is 0 Å². The summed E-state index contributed by atoms with van der Waals surface area (Å²) in [6.07, 6.45) is -2.77. The van der Waals surface area contributed by atoms with Gasteiger partial charge in [-0.2, -0.15) is 0 Å². The summed E-state index contributed by atoms with van der Waals surface area (Å²) in [6, 6.07) is 0.945. The van der Waals surface area contributed by atoms with Crippen LogP contribution in [-0.4, -0.2) is 25.2 Å². The summed E-state index contributed by atoms with van der Waals surface area (Å²) >= 11 is 2.95. The molecule has 0 N–H and O–H groups in total. The Morgan fingerprint density at radius 3 is 2.56 bits per heavy atom. The molecular formula is C9H8BrF2NO3. The molecule has 88 valence electrons. The van der Waals surface area contributed by atoms with E-state index in [1.165, 1.54) is 7.11 Å². The Hall–Kier alpha value is -1.24. The molecule has 0 aliphatic rings. The smallest absolute Gasteiger partial charge is 0.341 e. The molecule has 1 aromatic rings. The van der Waals surface area contributed by atoms with Gasteiger partial charge in [0.25, 0.3) is 6.43 Å². The molecule has 0 saturated carbocycles. The zero-order valence-corrected chi connectivity index (χ0v) is 10.0. The first-order valence-electron chi connectivity index (χ1n) is 4.12. The predicted molar refractivity (Wildman–Crippen MR) is 54.8 cm³/mol. The fourth-order valence-corrected chi connectivity index (χ4v) is 1.67. The molecule has 0 aromatic carbocycles. The summed E-state index contributed by atoms with van der Waals surface area (Å²) in [5, 5.41) is 0. The minimum Gasteiger partial charge on any atom is -0.493 e. The SMILES string of the molecule is COC(=O)c1cc(C(F)F)nc(Br)c1OC. The van der Waals surface area contributed by atoms with Crippen LogP contribution >= 0.6 is 15.9 Å². The van der Waals surface area contributed by atoms with E-state index in [4.69, 9.17) is 4.74 Å². The van der Waals surface area contributed by atoms with Crippen LogP contribution < -0.4 is 4.74 Å². The van der Waals surface area contributed by atoms with E-state index in [-0.39, 0.29) is 15.9 Å². The largest absolute Gasteiger partial charge is 0.493 e. The van der Waals surface area contributed by atoms with Crippen molar-refractivity contribution in [1.82, 2.24) is 4.98 Å². The van der Waals surface area contributed by atoms with Gasteiger partial charge in [-0.1, -0.05) is 0 Å². The second-order valence-electron chi connectivity index (χ2n) is 2.71. The maximum atomic E-state index is 12.5. The fourth-order valence-electron chi connectivity index (χ4n) is 1.09. The molecule has 0 fully saturated rings. The lowest BCUT2D eigenvalue weighted by Crippen LogP contribution is -2.07. The lowest BCUT2D eigenvalue weighted by atomic mass is 10.2. The van der Waals surface area contributed by atoms with Crippen LogP contribution in [0.4, 0.5) is 8.78 Å². The van der Waals surface area contributed by atoms with Crippen molar-refractivity contribution in [2.45, 2.75) is 6.43 Å². The maximum absolute atomic E-state index is 12.5. The standard InChI is InChI=1S/C9H8BrF2NO3/c1-15-6-4(9(14)16-2)3-5(8(11)12)13-7(6)10/h3,8H,1-2H3. The summed E-state index contributed by atoms with van der Waals surface area (Å²) < 4.78 is 34.3. The van der Waals surface area contributed by atoms with Crippen molar-refractivity contribution >= 4 is 21.9 Å².